The molecule has 1 amide bonds. The van der Waals surface area contributed by atoms with Crippen LogP contribution in [-0.2, 0) is 9.53 Å². The third-order valence-corrected chi connectivity index (χ3v) is 3.92. The van der Waals surface area contributed by atoms with E-state index in [0.29, 0.717) is 26.2 Å². The molecule has 134 valence electrons. The van der Waals surface area contributed by atoms with Gasteiger partial charge in [-0.05, 0) is 24.3 Å². The van der Waals surface area contributed by atoms with E-state index in [1.807, 2.05) is 29.2 Å². The minimum absolute atomic E-state index is 0.0667. The van der Waals surface area contributed by atoms with Gasteiger partial charge in [0, 0.05) is 44.1 Å². The number of nitrogens with zero attached hydrogens (tertiary/aromatic N) is 2. The standard InChI is InChI=1S/C16H26N4O4/c17-7-14(21)9-19(10-15(22)8-18)12-1-3-13(4-2-12)20-5-6-24-11-16(20)23/h1-4,14-15,21-22H,5-11,17-18H2/t14-,15+. The predicted molar refractivity (Wildman–Crippen MR) is 91.9 cm³/mol. The van der Waals surface area contributed by atoms with E-state index in [4.69, 9.17) is 16.2 Å². The van der Waals surface area contributed by atoms with Gasteiger partial charge in [0.1, 0.15) is 6.61 Å². The maximum atomic E-state index is 11.9. The maximum absolute atomic E-state index is 11.9. The van der Waals surface area contributed by atoms with Gasteiger partial charge >= 0.3 is 0 Å². The molecule has 0 aliphatic carbocycles. The number of aliphatic hydroxyl groups excluding tert-OH is 2. The Morgan fingerprint density at radius 1 is 1.12 bits per heavy atom. The molecule has 6 N–H and O–H groups in total. The Morgan fingerprint density at radius 3 is 2.21 bits per heavy atom. The van der Waals surface area contributed by atoms with Gasteiger partial charge in [-0.1, -0.05) is 0 Å². The third-order valence-electron chi connectivity index (χ3n) is 3.92. The van der Waals surface area contributed by atoms with E-state index < -0.39 is 12.2 Å². The van der Waals surface area contributed by atoms with Gasteiger partial charge in [-0.3, -0.25) is 4.79 Å². The molecule has 1 saturated heterocycles. The molecule has 1 aliphatic heterocycles. The van der Waals surface area contributed by atoms with Crippen LogP contribution in [-0.4, -0.2) is 74.3 Å². The first-order valence-corrected chi connectivity index (χ1v) is 8.04. The van der Waals surface area contributed by atoms with Crippen molar-refractivity contribution in [3.63, 3.8) is 0 Å². The Bertz CT molecular complexity index is 513. The van der Waals surface area contributed by atoms with Gasteiger partial charge in [0.05, 0.1) is 18.8 Å². The highest BCUT2D eigenvalue weighted by Crippen LogP contribution is 2.22. The van der Waals surface area contributed by atoms with E-state index in [2.05, 4.69) is 0 Å². The maximum Gasteiger partial charge on any atom is 0.253 e. The number of ether oxygens (including phenoxy) is 1. The van der Waals surface area contributed by atoms with Crippen LogP contribution in [0.2, 0.25) is 0 Å². The van der Waals surface area contributed by atoms with Gasteiger partial charge in [0.25, 0.3) is 5.91 Å². The van der Waals surface area contributed by atoms with Gasteiger partial charge in [-0.15, -0.1) is 0 Å². The molecule has 1 aromatic rings. The lowest BCUT2D eigenvalue weighted by Crippen LogP contribution is -2.43. The number of hydrogen-bond donors (Lipinski definition) is 4. The number of morpholine rings is 1. The van der Waals surface area contributed by atoms with E-state index in [9.17, 15) is 15.0 Å². The summed E-state index contributed by atoms with van der Waals surface area (Å²) < 4.78 is 5.13. The summed E-state index contributed by atoms with van der Waals surface area (Å²) in [6.45, 7) is 2.00. The summed E-state index contributed by atoms with van der Waals surface area (Å²) in [7, 11) is 0. The Hall–Kier alpha value is -1.71. The zero-order valence-corrected chi connectivity index (χ0v) is 13.7. The smallest absolute Gasteiger partial charge is 0.253 e. The molecular formula is C16H26N4O4. The number of hydrogen-bond acceptors (Lipinski definition) is 7. The molecule has 1 aliphatic rings. The van der Waals surface area contributed by atoms with Gasteiger partial charge in [0.2, 0.25) is 0 Å². The number of nitrogens with two attached hydrogens (primary N) is 2. The first-order valence-electron chi connectivity index (χ1n) is 8.04. The summed E-state index contributed by atoms with van der Waals surface area (Å²) in [6.07, 6.45) is -1.40. The first-order chi connectivity index (χ1) is 11.5. The normalized spacial score (nSPS) is 17.7. The summed E-state index contributed by atoms with van der Waals surface area (Å²) in [4.78, 5) is 15.4. The second-order valence-electron chi connectivity index (χ2n) is 5.80. The lowest BCUT2D eigenvalue weighted by molar-refractivity contribution is -0.125. The van der Waals surface area contributed by atoms with Crippen molar-refractivity contribution in [2.45, 2.75) is 12.2 Å². The fourth-order valence-corrected chi connectivity index (χ4v) is 2.58. The highest BCUT2D eigenvalue weighted by Gasteiger charge is 2.21. The fraction of sp³-hybridized carbons (Fsp3) is 0.562. The molecule has 1 aromatic carbocycles. The third kappa shape index (κ3) is 4.89. The van der Waals surface area contributed by atoms with Crippen molar-refractivity contribution in [1.82, 2.24) is 0 Å². The molecule has 8 nitrogen and oxygen atoms in total. The Labute approximate surface area is 141 Å². The van der Waals surface area contributed by atoms with Crippen molar-refractivity contribution >= 4 is 17.3 Å². The number of anilines is 2. The van der Waals surface area contributed by atoms with Crippen LogP contribution in [0.3, 0.4) is 0 Å². The summed E-state index contributed by atoms with van der Waals surface area (Å²) in [5.41, 5.74) is 12.6. The van der Waals surface area contributed by atoms with Crippen molar-refractivity contribution < 1.29 is 19.7 Å². The molecule has 0 spiro atoms. The number of carbonyl (C=O) groups is 1. The zero-order chi connectivity index (χ0) is 17.5. The van der Waals surface area contributed by atoms with Crippen molar-refractivity contribution in [1.29, 1.82) is 0 Å². The molecule has 0 radical (unpaired) electrons. The van der Waals surface area contributed by atoms with Gasteiger partial charge in [0.15, 0.2) is 0 Å². The fourth-order valence-electron chi connectivity index (χ4n) is 2.58. The minimum Gasteiger partial charge on any atom is -0.390 e. The molecular weight excluding hydrogens is 312 g/mol. The van der Waals surface area contributed by atoms with Gasteiger partial charge in [-0.2, -0.15) is 0 Å². The lowest BCUT2D eigenvalue weighted by atomic mass is 10.2. The van der Waals surface area contributed by atoms with E-state index in [-0.39, 0.29) is 25.6 Å². The van der Waals surface area contributed by atoms with E-state index in [1.165, 1.54) is 0 Å². The van der Waals surface area contributed by atoms with E-state index >= 15 is 0 Å². The molecule has 0 unspecified atom stereocenters. The molecule has 1 heterocycles. The molecule has 0 bridgehead atoms. The van der Waals surface area contributed by atoms with Crippen molar-refractivity contribution in [2.24, 2.45) is 11.5 Å². The number of benzene rings is 1. The minimum atomic E-state index is -0.699. The second-order valence-corrected chi connectivity index (χ2v) is 5.80. The molecule has 0 aromatic heterocycles. The molecule has 2 rings (SSSR count). The summed E-state index contributed by atoms with van der Waals surface area (Å²) in [5, 5.41) is 19.6. The summed E-state index contributed by atoms with van der Waals surface area (Å²) in [6, 6.07) is 7.39. The molecule has 2 atom stereocenters. The number of carbonyl (C=O) groups excluding carboxylic acids is 1. The van der Waals surface area contributed by atoms with E-state index in [1.54, 1.807) is 4.90 Å². The predicted octanol–water partition coefficient (Wildman–Crippen LogP) is -1.50. The van der Waals surface area contributed by atoms with Crippen molar-refractivity contribution in [3.05, 3.63) is 24.3 Å². The van der Waals surface area contributed by atoms with Crippen LogP contribution in [0.25, 0.3) is 0 Å². The highest BCUT2D eigenvalue weighted by molar-refractivity contribution is 5.95. The van der Waals surface area contributed by atoms with E-state index in [0.717, 1.165) is 11.4 Å². The molecule has 0 saturated carbocycles. The largest absolute Gasteiger partial charge is 0.390 e. The molecule has 24 heavy (non-hydrogen) atoms. The number of amides is 1. The Balaban J connectivity index is 2.12. The number of aliphatic hydroxyl groups is 2. The second kappa shape index (κ2) is 8.95. The topological polar surface area (TPSA) is 125 Å². The van der Waals surface area contributed by atoms with Crippen molar-refractivity contribution in [3.8, 4) is 0 Å². The highest BCUT2D eigenvalue weighted by atomic mass is 16.5. The van der Waals surface area contributed by atoms with Crippen LogP contribution < -0.4 is 21.3 Å². The average Bonchev–Trinajstić information content (AvgIpc) is 2.61. The van der Waals surface area contributed by atoms with Crippen LogP contribution in [0.15, 0.2) is 24.3 Å². The van der Waals surface area contributed by atoms with Gasteiger partial charge < -0.3 is 36.2 Å². The molecule has 1 fully saturated rings. The summed E-state index contributed by atoms with van der Waals surface area (Å²) in [5.74, 6) is -0.0667. The van der Waals surface area contributed by atoms with Crippen LogP contribution in [0, 0.1) is 0 Å². The van der Waals surface area contributed by atoms with Crippen LogP contribution in [0.4, 0.5) is 11.4 Å². The van der Waals surface area contributed by atoms with Crippen molar-refractivity contribution in [2.75, 3.05) is 55.7 Å². The van der Waals surface area contributed by atoms with Crippen LogP contribution >= 0.6 is 0 Å². The van der Waals surface area contributed by atoms with Crippen LogP contribution in [0.1, 0.15) is 0 Å². The van der Waals surface area contributed by atoms with Gasteiger partial charge in [-0.25, -0.2) is 0 Å². The first kappa shape index (κ1) is 18.6. The summed E-state index contributed by atoms with van der Waals surface area (Å²) >= 11 is 0. The Kier molecular flexibility index (Phi) is 6.95. The quantitative estimate of drug-likeness (QED) is 0.454. The zero-order valence-electron chi connectivity index (χ0n) is 13.7. The Morgan fingerprint density at radius 2 is 1.71 bits per heavy atom. The number of rotatable bonds is 8. The lowest BCUT2D eigenvalue weighted by Gasteiger charge is -2.30. The SMILES string of the molecule is NC[C@@H](O)CN(C[C@@H](O)CN)c1ccc(N2CCOCC2=O)cc1. The van der Waals surface area contributed by atoms with Crippen LogP contribution in [0.5, 0.6) is 0 Å². The molecule has 8 heteroatoms. The monoisotopic (exact) mass is 338 g/mol. The average molecular weight is 338 g/mol.